The molecule has 0 amide bonds. The molecular formula is C30H31ClN8O9S4. The maximum atomic E-state index is 12.1. The topological polar surface area (TPSA) is 247 Å². The Kier molecular flexibility index (Phi) is 14.5. The molecule has 4 aromatic carbocycles. The molecule has 22 heteroatoms. The van der Waals surface area contributed by atoms with E-state index in [2.05, 4.69) is 41.1 Å². The van der Waals surface area contributed by atoms with Crippen molar-refractivity contribution in [1.82, 2.24) is 15.0 Å². The highest BCUT2D eigenvalue weighted by molar-refractivity contribution is 7.99. The van der Waals surface area contributed by atoms with E-state index in [1.165, 1.54) is 43.1 Å². The lowest BCUT2D eigenvalue weighted by atomic mass is 10.1. The van der Waals surface area contributed by atoms with Gasteiger partial charge in [0, 0.05) is 41.3 Å². The predicted octanol–water partition coefficient (Wildman–Crippen LogP) is 7.04. The van der Waals surface area contributed by atoms with Crippen molar-refractivity contribution in [2.75, 3.05) is 49.6 Å². The summed E-state index contributed by atoms with van der Waals surface area (Å²) in [5.74, 6) is 0.439. The average molecular weight is 811 g/mol. The van der Waals surface area contributed by atoms with Crippen molar-refractivity contribution in [1.29, 1.82) is 0 Å². The Morgan fingerprint density at radius 3 is 2.10 bits per heavy atom. The first-order valence-corrected chi connectivity index (χ1v) is 19.5. The van der Waals surface area contributed by atoms with E-state index in [0.717, 1.165) is 19.4 Å². The summed E-state index contributed by atoms with van der Waals surface area (Å²) in [7, 11) is -4.91. The van der Waals surface area contributed by atoms with Gasteiger partial charge in [-0.05, 0) is 60.1 Å². The molecule has 0 spiro atoms. The smallest absolute Gasteiger partial charge is 0.296 e. The minimum atomic E-state index is -4.62. The minimum Gasteiger partial charge on any atom is -0.400 e. The Labute approximate surface area is 312 Å². The molecule has 5 rings (SSSR count). The number of aliphatic hydroxyl groups excluding tert-OH is 1. The monoisotopic (exact) mass is 810 g/mol. The van der Waals surface area contributed by atoms with Gasteiger partial charge in [-0.15, -0.1) is 22.0 Å². The second-order valence-electron chi connectivity index (χ2n) is 9.83. The number of nitrogens with one attached hydrogen (secondary N) is 3. The highest BCUT2D eigenvalue weighted by Crippen LogP contribution is 2.35. The summed E-state index contributed by atoms with van der Waals surface area (Å²) in [6.07, 6.45) is 0. The fourth-order valence-corrected chi connectivity index (χ4v) is 7.09. The molecule has 1 aromatic heterocycles. The van der Waals surface area contributed by atoms with Gasteiger partial charge in [0.1, 0.15) is 15.5 Å². The molecule has 0 aliphatic rings. The number of rotatable bonds is 15. The number of hydrogen-bond acceptors (Lipinski definition) is 17. The van der Waals surface area contributed by atoms with Gasteiger partial charge in [0.15, 0.2) is 12.3 Å². The number of halogens is 1. The lowest BCUT2D eigenvalue weighted by Gasteiger charge is -2.13. The van der Waals surface area contributed by atoms with E-state index in [1.807, 2.05) is 0 Å². The van der Waals surface area contributed by atoms with E-state index in [4.69, 9.17) is 25.1 Å². The van der Waals surface area contributed by atoms with Crippen LogP contribution in [0.5, 0.6) is 0 Å². The molecular weight excluding hydrogens is 780 g/mol. The summed E-state index contributed by atoms with van der Waals surface area (Å²) in [6.45, 7) is 0.355. The Morgan fingerprint density at radius 1 is 0.788 bits per heavy atom. The number of nitrogens with zero attached hydrogens (tertiary/aromatic N) is 5. The van der Waals surface area contributed by atoms with Crippen molar-refractivity contribution in [2.24, 2.45) is 10.2 Å². The standard InChI is InChI=1S/C29H27ClN8O8S4.CH4O/c1-31-23-15-17(7-9-22(23)38-37-21-10-12-25(49(39,40)41)20-6-4-3-5-19(20)21)32-28-34-27(30)35-29(36-28)33-24-16-18(47-14-13-46-48-45-2)8-11-26(24)50(42,43)44;1-2/h3-12,15-16,31H,13-14H2,1-2H3,(H,39,40,41)(H,42,43,44)(H2,32,33,34,35,36);2H,1H3. The van der Waals surface area contributed by atoms with Crippen LogP contribution in [0, 0.1) is 0 Å². The van der Waals surface area contributed by atoms with Gasteiger partial charge in [-0.3, -0.25) is 17.5 Å². The van der Waals surface area contributed by atoms with Crippen molar-refractivity contribution in [2.45, 2.75) is 14.7 Å². The van der Waals surface area contributed by atoms with Gasteiger partial charge in [0.2, 0.25) is 17.2 Å². The van der Waals surface area contributed by atoms with Gasteiger partial charge in [-0.2, -0.15) is 31.8 Å². The molecule has 5 aromatic rings. The van der Waals surface area contributed by atoms with Crippen LogP contribution in [0.25, 0.3) is 10.8 Å². The number of anilines is 5. The van der Waals surface area contributed by atoms with Crippen LogP contribution in [-0.2, 0) is 28.6 Å². The molecule has 0 aliphatic carbocycles. The van der Waals surface area contributed by atoms with Crippen LogP contribution in [0.15, 0.2) is 97.7 Å². The highest BCUT2D eigenvalue weighted by atomic mass is 35.5. The average Bonchev–Trinajstić information content (AvgIpc) is 3.10. The summed E-state index contributed by atoms with van der Waals surface area (Å²) in [6, 6.07) is 18.7. The SMILES string of the molecule is CNc1cc(Nc2nc(Cl)nc(Nc3cc(SCCOSOC)ccc3S(=O)(=O)O)n2)ccc1N=Nc1ccc(S(=O)(=O)O)c2ccccc12.CO. The van der Waals surface area contributed by atoms with Crippen LogP contribution in [0.3, 0.4) is 0 Å². The number of aromatic nitrogens is 3. The Morgan fingerprint density at radius 2 is 1.42 bits per heavy atom. The van der Waals surface area contributed by atoms with Crippen molar-refractivity contribution >= 4 is 107 Å². The van der Waals surface area contributed by atoms with Crippen molar-refractivity contribution in [3.05, 3.63) is 78.1 Å². The zero-order valence-electron chi connectivity index (χ0n) is 27.4. The summed E-state index contributed by atoms with van der Waals surface area (Å²) in [5.41, 5.74) is 1.89. The van der Waals surface area contributed by atoms with Crippen LogP contribution >= 0.6 is 35.7 Å². The molecule has 276 valence electrons. The van der Waals surface area contributed by atoms with E-state index in [1.54, 1.807) is 55.6 Å². The Balaban J connectivity index is 0.00000297. The predicted molar refractivity (Wildman–Crippen MR) is 201 cm³/mol. The number of benzene rings is 4. The maximum Gasteiger partial charge on any atom is 0.296 e. The van der Waals surface area contributed by atoms with Gasteiger partial charge >= 0.3 is 0 Å². The second kappa shape index (κ2) is 18.6. The third-order valence-corrected chi connectivity index (χ3v) is 9.91. The van der Waals surface area contributed by atoms with E-state index >= 15 is 0 Å². The van der Waals surface area contributed by atoms with Crippen LogP contribution < -0.4 is 16.0 Å². The molecule has 0 aliphatic heterocycles. The minimum absolute atomic E-state index is 0.00508. The molecule has 0 fully saturated rings. The molecule has 1 heterocycles. The van der Waals surface area contributed by atoms with E-state index < -0.39 is 25.1 Å². The fourth-order valence-electron chi connectivity index (χ4n) is 4.49. The van der Waals surface area contributed by atoms with Gasteiger partial charge in [0.25, 0.3) is 20.2 Å². The molecule has 6 N–H and O–H groups in total. The summed E-state index contributed by atoms with van der Waals surface area (Å²) in [4.78, 5) is 12.5. The van der Waals surface area contributed by atoms with Gasteiger partial charge in [0.05, 0.1) is 30.8 Å². The molecule has 0 saturated carbocycles. The number of thioether (sulfide) groups is 1. The summed E-state index contributed by atoms with van der Waals surface area (Å²) < 4.78 is 77.3. The second-order valence-corrected chi connectivity index (χ2v) is 14.8. The molecule has 17 nitrogen and oxygen atoms in total. The number of hydrogen-bond donors (Lipinski definition) is 6. The van der Waals surface area contributed by atoms with Gasteiger partial charge in [-0.25, -0.2) is 0 Å². The molecule has 0 unspecified atom stereocenters. The molecule has 0 saturated heterocycles. The van der Waals surface area contributed by atoms with Gasteiger partial charge in [-0.1, -0.05) is 24.3 Å². The molecule has 0 radical (unpaired) electrons. The number of aliphatic hydroxyl groups is 1. The Hall–Kier alpha value is -4.16. The number of fused-ring (bicyclic) bond motifs is 1. The Bertz CT molecular complexity index is 2290. The molecule has 52 heavy (non-hydrogen) atoms. The largest absolute Gasteiger partial charge is 0.400 e. The summed E-state index contributed by atoms with van der Waals surface area (Å²) in [5, 5.41) is 25.1. The fraction of sp³-hybridized carbons (Fsp3) is 0.167. The van der Waals surface area contributed by atoms with Gasteiger partial charge < -0.3 is 21.1 Å². The first-order chi connectivity index (χ1) is 24.9. The first kappa shape index (κ1) is 40.6. The third kappa shape index (κ3) is 10.9. The quantitative estimate of drug-likeness (QED) is 0.0204. The lowest BCUT2D eigenvalue weighted by molar-refractivity contribution is 0.341. The van der Waals surface area contributed by atoms with Crippen LogP contribution in [0.2, 0.25) is 5.28 Å². The zero-order valence-corrected chi connectivity index (χ0v) is 31.4. The first-order valence-electron chi connectivity index (χ1n) is 14.6. The molecule has 0 bridgehead atoms. The normalized spacial score (nSPS) is 11.7. The van der Waals surface area contributed by atoms with Crippen molar-refractivity contribution in [3.63, 3.8) is 0 Å². The molecule has 0 atom stereocenters. The van der Waals surface area contributed by atoms with Crippen LogP contribution in [0.1, 0.15) is 0 Å². The van der Waals surface area contributed by atoms with Crippen molar-refractivity contribution < 1.29 is 39.4 Å². The highest BCUT2D eigenvalue weighted by Gasteiger charge is 2.19. The summed E-state index contributed by atoms with van der Waals surface area (Å²) >= 11 is 8.41. The van der Waals surface area contributed by atoms with Crippen LogP contribution in [-0.4, -0.2) is 79.6 Å². The third-order valence-electron chi connectivity index (χ3n) is 6.56. The number of azo groups is 1. The van der Waals surface area contributed by atoms with E-state index in [9.17, 15) is 25.9 Å². The zero-order chi connectivity index (χ0) is 37.9. The van der Waals surface area contributed by atoms with E-state index in [0.29, 0.717) is 50.8 Å². The van der Waals surface area contributed by atoms with Crippen molar-refractivity contribution in [3.8, 4) is 0 Å². The van der Waals surface area contributed by atoms with E-state index in [-0.39, 0.29) is 27.8 Å². The van der Waals surface area contributed by atoms with Crippen LogP contribution in [0.4, 0.5) is 40.3 Å². The lowest BCUT2D eigenvalue weighted by Crippen LogP contribution is -2.08. The maximum absolute atomic E-state index is 12.1.